The molecule has 0 saturated carbocycles. The molecule has 1 aliphatic carbocycles. The average Bonchev–Trinajstić information content (AvgIpc) is 1.60. The Morgan fingerprint density at radius 2 is 0.640 bits per heavy atom. The summed E-state index contributed by atoms with van der Waals surface area (Å²) >= 11 is 7.74. The number of rotatable bonds is 34. The number of ether oxygens (including phenoxy) is 5. The molecule has 9 N–H and O–H groups in total. The number of hydrogen-bond acceptors (Lipinski definition) is 29. The van der Waals surface area contributed by atoms with Gasteiger partial charge in [0, 0.05) is 161 Å². The van der Waals surface area contributed by atoms with Gasteiger partial charge in [-0.3, -0.25) is 34.3 Å². The second-order valence-corrected chi connectivity index (χ2v) is 41.8. The number of aromatic nitrogens is 8. The Kier molecular flexibility index (Phi) is 38.8. The van der Waals surface area contributed by atoms with E-state index in [4.69, 9.17) is 60.1 Å². The van der Waals surface area contributed by atoms with Crippen LogP contribution in [0.2, 0.25) is 0 Å². The molecule has 26 nitrogen and oxygen atoms in total. The molecule has 4 aliphatic heterocycles. The Balaban J connectivity index is 0.000000134. The largest absolute Gasteiger partial charge is 0.492 e. The molecule has 0 radical (unpaired) electrons. The SMILES string of the molecule is CC(C)Oc1ccc(C(N)=O)cc1Nc1nc(-c2ccc(C3=CCCCC3)cc2)cs1.CC(C)Oc1ccc(C(N)=O)cc1Nc1nc(-c2ccc(C3=CCN(C)CC3)cc2)cs1.CCOc1ccncc1Nc1nc(-c2ccc(C3=CCN(C(C)C)CC3)cc2)cs1.CCOc1ccncc1Nc1nc(-c2ccc(C3=CCN(C)CC3)cc2)cs1.CCOc1ccncc1Nc1nc(-c2ccc(C3=CCN(CC)CC3)cc2)cs1. The van der Waals surface area contributed by atoms with Crippen LogP contribution >= 0.6 is 56.7 Å². The Morgan fingerprint density at radius 1 is 0.340 bits per heavy atom. The fourth-order valence-corrected chi connectivity index (χ4v) is 21.2. The van der Waals surface area contributed by atoms with Crippen molar-refractivity contribution < 1.29 is 33.3 Å². The van der Waals surface area contributed by atoms with Crippen molar-refractivity contribution in [3.8, 4) is 85.0 Å². The smallest absolute Gasteiger partial charge is 0.248 e. The highest BCUT2D eigenvalue weighted by molar-refractivity contribution is 7.15. The van der Waals surface area contributed by atoms with Gasteiger partial charge in [-0.25, -0.2) is 24.9 Å². The predicted molar refractivity (Wildman–Crippen MR) is 622 cm³/mol. The number of anilines is 10. The maximum atomic E-state index is 11.6. The number of carbonyl (C=O) groups is 2. The highest BCUT2D eigenvalue weighted by Gasteiger charge is 2.23. The molecule has 0 spiro atoms. The van der Waals surface area contributed by atoms with Crippen LogP contribution in [0.4, 0.5) is 54.1 Å². The molecule has 150 heavy (non-hydrogen) atoms. The normalized spacial score (nSPS) is 14.3. The van der Waals surface area contributed by atoms with Gasteiger partial charge in [0.05, 0.1) is 90.5 Å². The fourth-order valence-electron chi connectivity index (χ4n) is 17.6. The standard InChI is InChI=1S/C25H28N4O2S.C25H27N3O2S.C24H28N4OS.C23H26N4OS.C22H24N4OS/c1-16(2)31-23-9-8-20(24(26)30)14-21(23)27-25-28-22(15-32-25)19-6-4-17(5-7-19)18-10-12-29(3)13-11-18;1-16(2)30-23-13-12-20(24(26)29)14-21(23)27-25-28-22(15-31-25)19-10-8-18(9-11-19)17-6-4-3-5-7-17;1-4-29-23-9-12-25-15-21(23)26-24-27-22(16-30-24)20-7-5-18(6-8-20)19-10-13-28(14-11-19)17(2)3;1-3-27-13-10-18(11-14-27)17-5-7-19(8-6-17)21-16-29-23(26-21)25-20-15-24-12-9-22(20)28-4-2;1-3-27-21-8-11-23-14-19(21)24-22-25-20(15-28-22)18-6-4-16(5-7-18)17-9-12-26(2)13-10-17/h4-10,14-16H,11-13H2,1-3H3,(H2,26,30)(H,27,28);6,8-16H,3-5,7H2,1-2H3,(H2,26,29)(H,27,28);5-10,12,15-17H,4,11,13-14H2,1-3H3,(H,26,27);5-10,12,15-16H,3-4,11,13-14H2,1-2H3,(H,25,26);4-9,11,14-15H,3,10,12-13H2,1-2H3,(H,24,25). The molecule has 0 saturated heterocycles. The van der Waals surface area contributed by atoms with E-state index in [1.54, 1.807) is 108 Å². The van der Waals surface area contributed by atoms with Gasteiger partial charge < -0.3 is 71.5 Å². The Labute approximate surface area is 900 Å². The highest BCUT2D eigenvalue weighted by atomic mass is 32.1. The van der Waals surface area contributed by atoms with E-state index >= 15 is 0 Å². The molecule has 0 fully saturated rings. The number of nitrogens with two attached hydrogens (primary N) is 2. The summed E-state index contributed by atoms with van der Waals surface area (Å²) in [6.07, 6.45) is 31.5. The van der Waals surface area contributed by atoms with E-state index in [-0.39, 0.29) is 12.2 Å². The van der Waals surface area contributed by atoms with E-state index in [1.165, 1.54) is 97.6 Å². The molecule has 8 aromatic heterocycles. The van der Waals surface area contributed by atoms with Crippen LogP contribution in [0.5, 0.6) is 28.7 Å². The summed E-state index contributed by atoms with van der Waals surface area (Å²) in [5.74, 6) is 2.69. The predicted octanol–water partition coefficient (Wildman–Crippen LogP) is 27.9. The molecular weight excluding hydrogens is 1970 g/mol. The minimum Gasteiger partial charge on any atom is -0.492 e. The van der Waals surface area contributed by atoms with Crippen LogP contribution in [-0.2, 0) is 0 Å². The molecule has 5 aliphatic rings. The van der Waals surface area contributed by atoms with Crippen molar-refractivity contribution in [2.75, 3.05) is 119 Å². The van der Waals surface area contributed by atoms with Gasteiger partial charge in [-0.15, -0.1) is 56.7 Å². The number of nitrogens with zero attached hydrogens (tertiary/aromatic N) is 12. The summed E-state index contributed by atoms with van der Waals surface area (Å²) in [6, 6.07) is 59.9. The summed E-state index contributed by atoms with van der Waals surface area (Å²) in [7, 11) is 4.30. The van der Waals surface area contributed by atoms with Crippen LogP contribution in [0.3, 0.4) is 0 Å². The summed E-state index contributed by atoms with van der Waals surface area (Å²) < 4.78 is 28.7. The summed E-state index contributed by atoms with van der Waals surface area (Å²) in [4.78, 5) is 69.1. The second kappa shape index (κ2) is 53.7. The van der Waals surface area contributed by atoms with Crippen molar-refractivity contribution in [2.45, 2.75) is 139 Å². The monoisotopic (exact) mass is 2100 g/mol. The second-order valence-electron chi connectivity index (χ2n) is 37.5. The molecule has 776 valence electrons. The van der Waals surface area contributed by atoms with Crippen LogP contribution in [0.25, 0.3) is 84.2 Å². The number of thiazole rings is 5. The third-order valence-electron chi connectivity index (χ3n) is 25.8. The van der Waals surface area contributed by atoms with Gasteiger partial charge in [-0.2, -0.15) is 0 Å². The van der Waals surface area contributed by atoms with E-state index in [0.29, 0.717) is 59.9 Å². The molecule has 0 unspecified atom stereocenters. The van der Waals surface area contributed by atoms with Gasteiger partial charge in [-0.05, 0) is 226 Å². The van der Waals surface area contributed by atoms with Gasteiger partial charge in [-0.1, -0.05) is 159 Å². The van der Waals surface area contributed by atoms with Crippen molar-refractivity contribution >= 4 is 150 Å². The van der Waals surface area contributed by atoms with Crippen molar-refractivity contribution in [3.05, 3.63) is 309 Å². The molecule has 20 rings (SSSR count). The quantitative estimate of drug-likeness (QED) is 0.0197. The van der Waals surface area contributed by atoms with Crippen LogP contribution in [0, 0.1) is 0 Å². The van der Waals surface area contributed by atoms with Gasteiger partial charge in [0.15, 0.2) is 25.7 Å². The van der Waals surface area contributed by atoms with Crippen LogP contribution in [0.1, 0.15) is 169 Å². The first-order valence-corrected chi connectivity index (χ1v) is 55.8. The minimum absolute atomic E-state index is 0.0000248. The topological polar surface area (TPSA) is 309 Å². The zero-order chi connectivity index (χ0) is 105. The molecule has 0 atom stereocenters. The lowest BCUT2D eigenvalue weighted by molar-refractivity contribution is 0.0992. The molecule has 0 bridgehead atoms. The molecule has 12 heterocycles. The summed E-state index contributed by atoms with van der Waals surface area (Å²) in [5, 5.41) is 30.8. The van der Waals surface area contributed by atoms with E-state index in [0.717, 1.165) is 207 Å². The average molecular weight is 2100 g/mol. The summed E-state index contributed by atoms with van der Waals surface area (Å²) in [5.41, 5.74) is 39.5. The number of benzene rings is 7. The molecule has 2 amide bonds. The zero-order valence-electron chi connectivity index (χ0n) is 87.3. The van der Waals surface area contributed by atoms with E-state index in [1.807, 2.05) is 77.4 Å². The highest BCUT2D eigenvalue weighted by Crippen LogP contribution is 2.42. The number of hydrogen-bond donors (Lipinski definition) is 7. The van der Waals surface area contributed by atoms with E-state index < -0.39 is 11.8 Å². The summed E-state index contributed by atoms with van der Waals surface area (Å²) in [6.45, 7) is 32.0. The Bertz CT molecular complexity index is 7150. The third-order valence-corrected chi connectivity index (χ3v) is 29.6. The fraction of sp³-hybridized carbons (Fsp3) is 0.294. The number of amides is 2. The van der Waals surface area contributed by atoms with Crippen molar-refractivity contribution in [2.24, 2.45) is 11.5 Å². The van der Waals surface area contributed by atoms with Crippen molar-refractivity contribution in [1.29, 1.82) is 0 Å². The van der Waals surface area contributed by atoms with Gasteiger partial charge in [0.2, 0.25) is 11.8 Å². The lowest BCUT2D eigenvalue weighted by atomic mass is 9.93. The number of likely N-dealkylation sites (N-methyl/N-ethyl adjacent to an activating group) is 3. The Morgan fingerprint density at radius 3 is 0.900 bits per heavy atom. The number of nitrogens with one attached hydrogen (secondary N) is 5. The van der Waals surface area contributed by atoms with Gasteiger partial charge in [0.25, 0.3) is 0 Å². The maximum Gasteiger partial charge on any atom is 0.248 e. The Hall–Kier alpha value is -14.4. The third kappa shape index (κ3) is 30.3. The van der Waals surface area contributed by atoms with Gasteiger partial charge >= 0.3 is 0 Å². The molecule has 7 aromatic carbocycles. The molecule has 15 aromatic rings. The number of primary amides is 2. The van der Waals surface area contributed by atoms with E-state index in [2.05, 4.69) is 264 Å². The molecule has 31 heteroatoms. The maximum absolute atomic E-state index is 11.6. The number of pyridine rings is 3. The number of carbonyl (C=O) groups excluding carboxylic acids is 2. The van der Waals surface area contributed by atoms with Gasteiger partial charge in [0.1, 0.15) is 45.8 Å². The van der Waals surface area contributed by atoms with Crippen molar-refractivity contribution in [1.82, 2.24) is 59.5 Å². The lowest BCUT2D eigenvalue weighted by Gasteiger charge is -2.29. The van der Waals surface area contributed by atoms with Crippen LogP contribution in [-0.4, -0.2) is 182 Å². The molecular formula is C119H133N19O7S5. The first-order chi connectivity index (χ1) is 73.0. The minimum atomic E-state index is -0.483. The van der Waals surface area contributed by atoms with Crippen molar-refractivity contribution in [3.63, 3.8) is 0 Å². The van der Waals surface area contributed by atoms with Crippen LogP contribution in [0.15, 0.2) is 270 Å². The first kappa shape index (κ1) is 108. The number of allylic oxidation sites excluding steroid dienone is 2. The zero-order valence-corrected chi connectivity index (χ0v) is 91.4. The first-order valence-electron chi connectivity index (χ1n) is 51.4. The van der Waals surface area contributed by atoms with Crippen LogP contribution < -0.4 is 61.7 Å². The lowest BCUT2D eigenvalue weighted by Crippen LogP contribution is -2.34. The van der Waals surface area contributed by atoms with E-state index in [9.17, 15) is 9.59 Å².